The van der Waals surface area contributed by atoms with Crippen LogP contribution in [-0.4, -0.2) is 24.3 Å². The van der Waals surface area contributed by atoms with Crippen molar-refractivity contribution >= 4 is 21.4 Å². The number of nitrogens with zero attached hydrogens (tertiary/aromatic N) is 2. The summed E-state index contributed by atoms with van der Waals surface area (Å²) >= 11 is 0. The molecule has 29 heavy (non-hydrogen) atoms. The molecule has 4 rings (SSSR count). The minimum absolute atomic E-state index is 0.0199. The van der Waals surface area contributed by atoms with Gasteiger partial charge in [0.05, 0.1) is 22.3 Å². The number of anilines is 1. The van der Waals surface area contributed by atoms with Gasteiger partial charge in [0.2, 0.25) is 10.0 Å². The summed E-state index contributed by atoms with van der Waals surface area (Å²) in [6.45, 7) is 0. The summed E-state index contributed by atoms with van der Waals surface area (Å²) in [5.74, 6) is -0.403. The highest BCUT2D eigenvalue weighted by molar-refractivity contribution is 7.89. The van der Waals surface area contributed by atoms with Gasteiger partial charge < -0.3 is 10.2 Å². The molecule has 1 atom stereocenters. The Hall–Kier alpha value is -3.36. The molecule has 1 unspecified atom stereocenters. The molecule has 0 spiro atoms. The Morgan fingerprint density at radius 3 is 2.24 bits per heavy atom. The van der Waals surface area contributed by atoms with Gasteiger partial charge in [-0.1, -0.05) is 36.4 Å². The van der Waals surface area contributed by atoms with Crippen LogP contribution >= 0.6 is 0 Å². The third-order valence-electron chi connectivity index (χ3n) is 4.83. The number of nitrogens with two attached hydrogens (primary N) is 1. The SMILES string of the molecule is NS(=O)(=O)c1ccc(N2N=C(c3ccccc3)CC2c2ccc(O)c(O)c2)cc1. The van der Waals surface area contributed by atoms with Gasteiger partial charge in [-0.05, 0) is 47.5 Å². The largest absolute Gasteiger partial charge is 0.504 e. The Labute approximate surface area is 168 Å². The Bertz CT molecular complexity index is 1180. The molecule has 1 aliphatic heterocycles. The van der Waals surface area contributed by atoms with Gasteiger partial charge in [0, 0.05) is 6.42 Å². The highest BCUT2D eigenvalue weighted by Gasteiger charge is 2.30. The van der Waals surface area contributed by atoms with E-state index in [1.165, 1.54) is 24.3 Å². The summed E-state index contributed by atoms with van der Waals surface area (Å²) in [6.07, 6.45) is 0.575. The zero-order chi connectivity index (χ0) is 20.6. The highest BCUT2D eigenvalue weighted by Crippen LogP contribution is 2.39. The molecule has 0 saturated heterocycles. The number of hydrogen-bond donors (Lipinski definition) is 3. The smallest absolute Gasteiger partial charge is 0.238 e. The van der Waals surface area contributed by atoms with Gasteiger partial charge in [0.25, 0.3) is 0 Å². The molecule has 3 aromatic rings. The summed E-state index contributed by atoms with van der Waals surface area (Å²) in [4.78, 5) is 0.0199. The van der Waals surface area contributed by atoms with E-state index in [0.717, 1.165) is 16.8 Å². The molecule has 3 aromatic carbocycles. The predicted octanol–water partition coefficient (Wildman–Crippen LogP) is 3.10. The van der Waals surface area contributed by atoms with Gasteiger partial charge in [0.1, 0.15) is 0 Å². The van der Waals surface area contributed by atoms with E-state index in [1.54, 1.807) is 23.2 Å². The fraction of sp³-hybridized carbons (Fsp3) is 0.0952. The molecular formula is C21H19N3O4S. The molecule has 0 bridgehead atoms. The molecule has 1 heterocycles. The van der Waals surface area contributed by atoms with Gasteiger partial charge in [0.15, 0.2) is 11.5 Å². The van der Waals surface area contributed by atoms with Crippen LogP contribution in [0.4, 0.5) is 5.69 Å². The van der Waals surface area contributed by atoms with E-state index in [-0.39, 0.29) is 22.4 Å². The predicted molar refractivity (Wildman–Crippen MR) is 110 cm³/mol. The standard InChI is InChI=1S/C21H19N3O4S/c22-29(27,28)17-9-7-16(8-10-17)24-19(15-6-11-20(25)21(26)12-15)13-18(23-24)14-4-2-1-3-5-14/h1-12,19,25-26H,13H2,(H2,22,27,28). The molecule has 0 fully saturated rings. The quantitative estimate of drug-likeness (QED) is 0.573. The monoisotopic (exact) mass is 409 g/mol. The van der Waals surface area contributed by atoms with Gasteiger partial charge in [-0.3, -0.25) is 5.01 Å². The summed E-state index contributed by atoms with van der Waals surface area (Å²) in [5, 5.41) is 31.3. The first-order valence-electron chi connectivity index (χ1n) is 8.90. The van der Waals surface area contributed by atoms with E-state index in [1.807, 2.05) is 30.3 Å². The van der Waals surface area contributed by atoms with E-state index in [0.29, 0.717) is 12.1 Å². The van der Waals surface area contributed by atoms with Crippen molar-refractivity contribution < 1.29 is 18.6 Å². The molecule has 7 nitrogen and oxygen atoms in total. The van der Waals surface area contributed by atoms with Crippen molar-refractivity contribution in [3.8, 4) is 11.5 Å². The first-order chi connectivity index (χ1) is 13.8. The average molecular weight is 409 g/mol. The Kier molecular flexibility index (Phi) is 4.73. The highest BCUT2D eigenvalue weighted by atomic mass is 32.2. The van der Waals surface area contributed by atoms with E-state index >= 15 is 0 Å². The average Bonchev–Trinajstić information content (AvgIpc) is 3.16. The lowest BCUT2D eigenvalue weighted by molar-refractivity contribution is 0.402. The first kappa shape index (κ1) is 19.0. The van der Waals surface area contributed by atoms with Gasteiger partial charge >= 0.3 is 0 Å². The number of phenols is 2. The van der Waals surface area contributed by atoms with E-state index in [2.05, 4.69) is 0 Å². The van der Waals surface area contributed by atoms with Crippen LogP contribution in [0.25, 0.3) is 0 Å². The normalized spacial score (nSPS) is 16.7. The number of hydrogen-bond acceptors (Lipinski definition) is 6. The third-order valence-corrected chi connectivity index (χ3v) is 5.76. The molecule has 1 aliphatic rings. The van der Waals surface area contributed by atoms with Crippen LogP contribution in [0.15, 0.2) is 82.8 Å². The van der Waals surface area contributed by atoms with Crippen LogP contribution in [-0.2, 0) is 10.0 Å². The van der Waals surface area contributed by atoms with Crippen molar-refractivity contribution in [1.82, 2.24) is 0 Å². The lowest BCUT2D eigenvalue weighted by Gasteiger charge is -2.24. The molecule has 148 valence electrons. The molecule has 0 aliphatic carbocycles. The number of rotatable bonds is 4. The van der Waals surface area contributed by atoms with Gasteiger partial charge in [-0.2, -0.15) is 5.10 Å². The number of aromatic hydroxyl groups is 2. The van der Waals surface area contributed by atoms with Crippen molar-refractivity contribution in [1.29, 1.82) is 0 Å². The van der Waals surface area contributed by atoms with Crippen LogP contribution in [0.1, 0.15) is 23.6 Å². The molecule has 4 N–H and O–H groups in total. The fourth-order valence-electron chi connectivity index (χ4n) is 3.35. The van der Waals surface area contributed by atoms with Gasteiger partial charge in [-0.15, -0.1) is 0 Å². The second-order valence-electron chi connectivity index (χ2n) is 6.76. The summed E-state index contributed by atoms with van der Waals surface area (Å²) in [7, 11) is -3.79. The first-order valence-corrected chi connectivity index (χ1v) is 10.4. The molecule has 0 amide bonds. The van der Waals surface area contributed by atoms with E-state index in [9.17, 15) is 18.6 Å². The molecule has 8 heteroatoms. The van der Waals surface area contributed by atoms with Crippen LogP contribution in [0.5, 0.6) is 11.5 Å². The number of phenolic OH excluding ortho intramolecular Hbond substituents is 2. The topological polar surface area (TPSA) is 116 Å². The van der Waals surface area contributed by atoms with Crippen LogP contribution in [0.3, 0.4) is 0 Å². The van der Waals surface area contributed by atoms with Crippen LogP contribution < -0.4 is 10.1 Å². The number of benzene rings is 3. The zero-order valence-corrected chi connectivity index (χ0v) is 16.1. The zero-order valence-electron chi connectivity index (χ0n) is 15.3. The van der Waals surface area contributed by atoms with Crippen LogP contribution in [0.2, 0.25) is 0 Å². The summed E-state index contributed by atoms with van der Waals surface area (Å²) in [5.41, 5.74) is 3.29. The second kappa shape index (κ2) is 7.23. The molecule has 0 radical (unpaired) electrons. The maximum Gasteiger partial charge on any atom is 0.238 e. The Balaban J connectivity index is 1.76. The summed E-state index contributed by atoms with van der Waals surface area (Å²) in [6, 6.07) is 20.3. The molecule has 0 aromatic heterocycles. The minimum atomic E-state index is -3.79. The van der Waals surface area contributed by atoms with Crippen molar-refractivity contribution in [2.75, 3.05) is 5.01 Å². The van der Waals surface area contributed by atoms with Gasteiger partial charge in [-0.25, -0.2) is 13.6 Å². The lowest BCUT2D eigenvalue weighted by Crippen LogP contribution is -2.19. The molecule has 0 saturated carbocycles. The maximum absolute atomic E-state index is 11.5. The number of primary sulfonamides is 1. The third kappa shape index (κ3) is 3.80. The van der Waals surface area contributed by atoms with E-state index < -0.39 is 10.0 Å². The fourth-order valence-corrected chi connectivity index (χ4v) is 3.86. The second-order valence-corrected chi connectivity index (χ2v) is 8.33. The van der Waals surface area contributed by atoms with Crippen molar-refractivity contribution in [3.63, 3.8) is 0 Å². The Morgan fingerprint density at radius 1 is 0.931 bits per heavy atom. The number of hydrazone groups is 1. The van der Waals surface area contributed by atoms with Crippen LogP contribution in [0, 0.1) is 0 Å². The van der Waals surface area contributed by atoms with E-state index in [4.69, 9.17) is 10.2 Å². The minimum Gasteiger partial charge on any atom is -0.504 e. The van der Waals surface area contributed by atoms with Crippen molar-refractivity contribution in [2.45, 2.75) is 17.4 Å². The van der Waals surface area contributed by atoms with Crippen molar-refractivity contribution in [2.24, 2.45) is 10.2 Å². The number of sulfonamides is 1. The Morgan fingerprint density at radius 2 is 1.62 bits per heavy atom. The van der Waals surface area contributed by atoms with Crippen molar-refractivity contribution in [3.05, 3.63) is 83.9 Å². The molecular weight excluding hydrogens is 390 g/mol. The maximum atomic E-state index is 11.5. The summed E-state index contributed by atoms with van der Waals surface area (Å²) < 4.78 is 23.1. The lowest BCUT2D eigenvalue weighted by atomic mass is 9.98.